The molecule has 2 N–H and O–H groups in total. The Bertz CT molecular complexity index is 1200. The first kappa shape index (κ1) is 23.6. The van der Waals surface area contributed by atoms with E-state index in [-0.39, 0.29) is 11.8 Å². The molecule has 8 heteroatoms. The number of nitrogens with one attached hydrogen (secondary N) is 1. The summed E-state index contributed by atoms with van der Waals surface area (Å²) in [5, 5.41) is 12.6. The molecule has 0 bridgehead atoms. The second kappa shape index (κ2) is 10.6. The number of carboxylic acid groups (broad SMARTS) is 1. The highest BCUT2D eigenvalue weighted by Crippen LogP contribution is 2.39. The number of halogens is 2. The van der Waals surface area contributed by atoms with Crippen LogP contribution in [0.1, 0.15) is 28.3 Å². The molecule has 0 fully saturated rings. The Hall–Kier alpha value is -3.58. The van der Waals surface area contributed by atoms with E-state index in [1.807, 2.05) is 42.5 Å². The number of benzene rings is 3. The van der Waals surface area contributed by atoms with E-state index >= 15 is 0 Å². The number of carbonyl (C=O) groups excluding carboxylic acids is 1. The van der Waals surface area contributed by atoms with Gasteiger partial charge in [-0.2, -0.15) is 0 Å². The second-order valence-electron chi connectivity index (χ2n) is 7.98. The summed E-state index contributed by atoms with van der Waals surface area (Å²) in [6.45, 7) is 0.213. The molecule has 0 aliphatic carbocycles. The van der Waals surface area contributed by atoms with Crippen LogP contribution in [0.5, 0.6) is 5.75 Å². The zero-order chi connectivity index (χ0) is 24.1. The van der Waals surface area contributed by atoms with Crippen LogP contribution in [-0.2, 0) is 17.6 Å². The van der Waals surface area contributed by atoms with Crippen molar-refractivity contribution in [1.82, 2.24) is 10.2 Å². The van der Waals surface area contributed by atoms with Gasteiger partial charge in [-0.05, 0) is 53.8 Å². The highest BCUT2D eigenvalue weighted by molar-refractivity contribution is 6.31. The molecule has 3 aromatic carbocycles. The summed E-state index contributed by atoms with van der Waals surface area (Å²) in [6, 6.07) is 18.1. The van der Waals surface area contributed by atoms with Gasteiger partial charge < -0.3 is 20.1 Å². The molecule has 0 radical (unpaired) electrons. The summed E-state index contributed by atoms with van der Waals surface area (Å²) in [7, 11) is 0. The molecule has 3 aromatic rings. The number of rotatable bonds is 7. The van der Waals surface area contributed by atoms with E-state index in [9.17, 15) is 14.0 Å². The van der Waals surface area contributed by atoms with Crippen LogP contribution in [0.2, 0.25) is 5.02 Å². The molecule has 0 saturated carbocycles. The van der Waals surface area contributed by atoms with Gasteiger partial charge in [0, 0.05) is 23.7 Å². The van der Waals surface area contributed by atoms with Gasteiger partial charge in [-0.3, -0.25) is 0 Å². The Morgan fingerprint density at radius 3 is 2.65 bits per heavy atom. The molecule has 0 saturated heterocycles. The van der Waals surface area contributed by atoms with Gasteiger partial charge in [0.15, 0.2) is 6.61 Å². The van der Waals surface area contributed by atoms with Crippen LogP contribution in [0.3, 0.4) is 0 Å². The van der Waals surface area contributed by atoms with Gasteiger partial charge in [-0.15, -0.1) is 0 Å². The van der Waals surface area contributed by atoms with Crippen LogP contribution in [0.4, 0.5) is 9.18 Å². The summed E-state index contributed by atoms with van der Waals surface area (Å²) < 4.78 is 19.8. The van der Waals surface area contributed by atoms with Crippen molar-refractivity contribution in [2.45, 2.75) is 18.9 Å². The fourth-order valence-electron chi connectivity index (χ4n) is 4.23. The first-order valence-electron chi connectivity index (χ1n) is 10.9. The van der Waals surface area contributed by atoms with Gasteiger partial charge >= 0.3 is 12.0 Å². The fourth-order valence-corrected chi connectivity index (χ4v) is 4.46. The van der Waals surface area contributed by atoms with Crippen LogP contribution in [0.25, 0.3) is 0 Å². The van der Waals surface area contributed by atoms with E-state index in [0.717, 1.165) is 16.7 Å². The van der Waals surface area contributed by atoms with Gasteiger partial charge in [0.05, 0.1) is 6.04 Å². The van der Waals surface area contributed by atoms with Crippen molar-refractivity contribution < 1.29 is 23.8 Å². The van der Waals surface area contributed by atoms with Crippen molar-refractivity contribution in [2.24, 2.45) is 0 Å². The summed E-state index contributed by atoms with van der Waals surface area (Å²) in [6.07, 6.45) is 1.21. The smallest absolute Gasteiger partial charge is 0.341 e. The average molecular weight is 483 g/mol. The Morgan fingerprint density at radius 2 is 1.85 bits per heavy atom. The average Bonchev–Trinajstić information content (AvgIpc) is 2.83. The number of hydrogen-bond acceptors (Lipinski definition) is 3. The van der Waals surface area contributed by atoms with Gasteiger partial charge in [0.1, 0.15) is 11.6 Å². The first-order valence-corrected chi connectivity index (χ1v) is 11.3. The minimum atomic E-state index is -1.14. The third-order valence-electron chi connectivity index (χ3n) is 5.79. The van der Waals surface area contributed by atoms with Crippen LogP contribution in [-0.4, -0.2) is 41.7 Å². The van der Waals surface area contributed by atoms with Crippen molar-refractivity contribution in [3.8, 4) is 5.75 Å². The Morgan fingerprint density at radius 1 is 1.09 bits per heavy atom. The molecule has 176 valence electrons. The van der Waals surface area contributed by atoms with Crippen molar-refractivity contribution >= 4 is 23.6 Å². The van der Waals surface area contributed by atoms with Crippen molar-refractivity contribution in [1.29, 1.82) is 0 Å². The van der Waals surface area contributed by atoms with Gasteiger partial charge in [-0.25, -0.2) is 14.0 Å². The normalized spacial score (nSPS) is 14.9. The van der Waals surface area contributed by atoms with Crippen LogP contribution in [0.15, 0.2) is 66.7 Å². The SMILES string of the molecule is O=C(O)COc1ccc(F)cc1C1c2ccccc2CCN1C(=O)NCCc1ccccc1Cl. The van der Waals surface area contributed by atoms with E-state index < -0.39 is 24.4 Å². The largest absolute Gasteiger partial charge is 0.482 e. The van der Waals surface area contributed by atoms with Gasteiger partial charge in [-0.1, -0.05) is 54.1 Å². The number of fused-ring (bicyclic) bond motifs is 1. The molecule has 0 spiro atoms. The number of amides is 2. The zero-order valence-corrected chi connectivity index (χ0v) is 19.1. The summed E-state index contributed by atoms with van der Waals surface area (Å²) in [5.41, 5.74) is 3.22. The Labute approximate surface area is 201 Å². The number of carbonyl (C=O) groups is 2. The lowest BCUT2D eigenvalue weighted by atomic mass is 9.88. The van der Waals surface area contributed by atoms with E-state index in [2.05, 4.69) is 5.32 Å². The predicted octanol–water partition coefficient (Wildman–Crippen LogP) is 4.84. The molecule has 0 aromatic heterocycles. The van der Waals surface area contributed by atoms with Crippen molar-refractivity contribution in [3.63, 3.8) is 0 Å². The minimum Gasteiger partial charge on any atom is -0.482 e. The number of aliphatic carboxylic acids is 1. The van der Waals surface area contributed by atoms with Gasteiger partial charge in [0.25, 0.3) is 0 Å². The summed E-state index contributed by atoms with van der Waals surface area (Å²) in [5.74, 6) is -1.42. The maximum Gasteiger partial charge on any atom is 0.341 e. The monoisotopic (exact) mass is 482 g/mol. The number of carboxylic acids is 1. The molecular weight excluding hydrogens is 459 g/mol. The number of hydrogen-bond donors (Lipinski definition) is 2. The van der Waals surface area contributed by atoms with E-state index in [1.165, 1.54) is 18.2 Å². The molecule has 2 amide bonds. The Balaban J connectivity index is 1.62. The minimum absolute atomic E-state index is 0.222. The quantitative estimate of drug-likeness (QED) is 0.505. The van der Waals surface area contributed by atoms with E-state index in [4.69, 9.17) is 21.4 Å². The molecule has 1 aliphatic heterocycles. The topological polar surface area (TPSA) is 78.9 Å². The summed E-state index contributed by atoms with van der Waals surface area (Å²) >= 11 is 6.22. The third kappa shape index (κ3) is 5.31. The maximum atomic E-state index is 14.3. The highest BCUT2D eigenvalue weighted by atomic mass is 35.5. The molecule has 6 nitrogen and oxygen atoms in total. The highest BCUT2D eigenvalue weighted by Gasteiger charge is 2.34. The molecule has 1 heterocycles. The van der Waals surface area contributed by atoms with E-state index in [0.29, 0.717) is 36.5 Å². The maximum absolute atomic E-state index is 14.3. The molecule has 1 atom stereocenters. The fraction of sp³-hybridized carbons (Fsp3) is 0.231. The van der Waals surface area contributed by atoms with Crippen LogP contribution in [0, 0.1) is 5.82 Å². The van der Waals surface area contributed by atoms with Crippen LogP contribution < -0.4 is 10.1 Å². The molecule has 34 heavy (non-hydrogen) atoms. The molecule has 1 unspecified atom stereocenters. The molecular formula is C26H24ClFN2O4. The van der Waals surface area contributed by atoms with Crippen molar-refractivity contribution in [2.75, 3.05) is 19.7 Å². The lowest BCUT2D eigenvalue weighted by Crippen LogP contribution is -2.46. The lowest BCUT2D eigenvalue weighted by molar-refractivity contribution is -0.139. The van der Waals surface area contributed by atoms with Crippen LogP contribution >= 0.6 is 11.6 Å². The molecule has 1 aliphatic rings. The van der Waals surface area contributed by atoms with E-state index in [1.54, 1.807) is 11.0 Å². The third-order valence-corrected chi connectivity index (χ3v) is 6.16. The second-order valence-corrected chi connectivity index (χ2v) is 8.39. The predicted molar refractivity (Wildman–Crippen MR) is 127 cm³/mol. The lowest BCUT2D eigenvalue weighted by Gasteiger charge is -2.38. The number of urea groups is 1. The summed E-state index contributed by atoms with van der Waals surface area (Å²) in [4.78, 5) is 26.0. The Kier molecular flexibility index (Phi) is 7.33. The standard InChI is InChI=1S/C26H24ClFN2O4/c27-22-8-4-2-6-18(22)11-13-29-26(33)30-14-12-17-5-1-3-7-20(17)25(30)21-15-19(28)9-10-23(21)34-16-24(31)32/h1-10,15,25H,11-14,16H2,(H,29,33)(H,31,32). The van der Waals surface area contributed by atoms with Gasteiger partial charge in [0.2, 0.25) is 0 Å². The zero-order valence-electron chi connectivity index (χ0n) is 18.3. The number of nitrogens with zero attached hydrogens (tertiary/aromatic N) is 1. The van der Waals surface area contributed by atoms with Crippen molar-refractivity contribution in [3.05, 3.63) is 99.8 Å². The number of ether oxygens (including phenoxy) is 1. The first-order chi connectivity index (χ1) is 16.4. The molecule has 4 rings (SSSR count).